The Hall–Kier alpha value is -3.49. The highest BCUT2D eigenvalue weighted by Gasteiger charge is 2.21. The number of aliphatic hydroxyl groups excluding tert-OH is 1. The minimum absolute atomic E-state index is 0.0224. The number of aromatic nitrogens is 2. The number of fused-ring (bicyclic) bond motifs is 1. The third-order valence-electron chi connectivity index (χ3n) is 5.71. The molecule has 4 aromatic rings. The molecule has 0 saturated carbocycles. The van der Waals surface area contributed by atoms with Gasteiger partial charge >= 0.3 is 0 Å². The van der Waals surface area contributed by atoms with E-state index < -0.39 is 22.5 Å². The summed E-state index contributed by atoms with van der Waals surface area (Å²) in [5, 5.41) is 8.92. The number of nitrogens with one attached hydrogen (secondary N) is 1. The van der Waals surface area contributed by atoms with Gasteiger partial charge in [-0.3, -0.25) is 4.79 Å². The monoisotopic (exact) mass is 477 g/mol. The van der Waals surface area contributed by atoms with Crippen molar-refractivity contribution in [2.75, 3.05) is 6.61 Å². The van der Waals surface area contributed by atoms with Gasteiger partial charge in [0.15, 0.2) is 0 Å². The van der Waals surface area contributed by atoms with Gasteiger partial charge in [-0.2, -0.15) is 0 Å². The normalized spacial score (nSPS) is 11.6. The number of carbonyl (C=O) groups is 1. The summed E-state index contributed by atoms with van der Waals surface area (Å²) in [6.45, 7) is 3.96. The molecule has 0 spiro atoms. The van der Waals surface area contributed by atoms with Gasteiger partial charge in [-0.05, 0) is 42.2 Å². The number of rotatable bonds is 8. The van der Waals surface area contributed by atoms with Crippen LogP contribution in [0.1, 0.15) is 30.3 Å². The molecule has 1 heterocycles. The maximum atomic E-state index is 12.7. The number of aliphatic hydroxyl groups is 1. The highest BCUT2D eigenvalue weighted by molar-refractivity contribution is 7.90. The van der Waals surface area contributed by atoms with Crippen LogP contribution in [-0.4, -0.2) is 35.6 Å². The SMILES string of the molecule is CCCc1nc2c(C)cccc2n1Cc1ccc(-c2ccccc2S(=O)(=O)NC(=O)CO)cc1. The van der Waals surface area contributed by atoms with Gasteiger partial charge in [0.2, 0.25) is 0 Å². The molecule has 34 heavy (non-hydrogen) atoms. The summed E-state index contributed by atoms with van der Waals surface area (Å²) in [5.41, 5.74) is 5.52. The fourth-order valence-corrected chi connectivity index (χ4v) is 5.28. The van der Waals surface area contributed by atoms with Crippen LogP contribution >= 0.6 is 0 Å². The zero-order valence-corrected chi connectivity index (χ0v) is 20.0. The molecular weight excluding hydrogens is 450 g/mol. The smallest absolute Gasteiger partial charge is 0.264 e. The molecule has 2 N–H and O–H groups in total. The summed E-state index contributed by atoms with van der Waals surface area (Å²) in [7, 11) is -4.11. The molecule has 1 amide bonds. The highest BCUT2D eigenvalue weighted by Crippen LogP contribution is 2.28. The van der Waals surface area contributed by atoms with Crippen molar-refractivity contribution < 1.29 is 18.3 Å². The minimum atomic E-state index is -4.11. The molecule has 7 nitrogen and oxygen atoms in total. The summed E-state index contributed by atoms with van der Waals surface area (Å²) in [6, 6.07) is 20.4. The van der Waals surface area contributed by atoms with Gasteiger partial charge in [0, 0.05) is 18.5 Å². The van der Waals surface area contributed by atoms with Gasteiger partial charge < -0.3 is 9.67 Å². The second kappa shape index (κ2) is 9.79. The van der Waals surface area contributed by atoms with Gasteiger partial charge in [-0.15, -0.1) is 0 Å². The number of aryl methyl sites for hydroxylation is 2. The third-order valence-corrected chi connectivity index (χ3v) is 7.14. The molecule has 176 valence electrons. The van der Waals surface area contributed by atoms with Gasteiger partial charge in [0.05, 0.1) is 15.9 Å². The number of hydrogen-bond acceptors (Lipinski definition) is 5. The Morgan fingerprint density at radius 3 is 2.47 bits per heavy atom. The van der Waals surface area contributed by atoms with E-state index in [1.165, 1.54) is 6.07 Å². The van der Waals surface area contributed by atoms with E-state index in [0.29, 0.717) is 17.7 Å². The van der Waals surface area contributed by atoms with Crippen LogP contribution in [0.5, 0.6) is 0 Å². The van der Waals surface area contributed by atoms with E-state index in [4.69, 9.17) is 10.1 Å². The van der Waals surface area contributed by atoms with E-state index in [9.17, 15) is 13.2 Å². The van der Waals surface area contributed by atoms with Gasteiger partial charge in [0.1, 0.15) is 12.4 Å². The lowest BCUT2D eigenvalue weighted by Gasteiger charge is -2.13. The van der Waals surface area contributed by atoms with Crippen molar-refractivity contribution in [2.45, 2.75) is 38.1 Å². The molecule has 0 unspecified atom stereocenters. The fraction of sp³-hybridized carbons (Fsp3) is 0.231. The Bertz CT molecular complexity index is 1440. The first-order valence-electron chi connectivity index (χ1n) is 11.1. The molecule has 0 bridgehead atoms. The van der Waals surface area contributed by atoms with Crippen LogP contribution in [0.3, 0.4) is 0 Å². The molecule has 4 rings (SSSR count). The molecule has 0 radical (unpaired) electrons. The summed E-state index contributed by atoms with van der Waals surface area (Å²) in [5.74, 6) is 0.0720. The summed E-state index contributed by atoms with van der Waals surface area (Å²) in [4.78, 5) is 16.3. The second-order valence-corrected chi connectivity index (χ2v) is 9.84. The molecule has 0 aliphatic heterocycles. The largest absolute Gasteiger partial charge is 0.387 e. The van der Waals surface area contributed by atoms with Crippen LogP contribution in [0.2, 0.25) is 0 Å². The van der Waals surface area contributed by atoms with Gasteiger partial charge in [-0.25, -0.2) is 18.1 Å². The molecular formula is C26H27N3O4S. The maximum absolute atomic E-state index is 12.7. The predicted octanol–water partition coefficient (Wildman–Crippen LogP) is 3.81. The van der Waals surface area contributed by atoms with Crippen molar-refractivity contribution >= 4 is 27.0 Å². The number of sulfonamides is 1. The van der Waals surface area contributed by atoms with Crippen molar-refractivity contribution in [1.82, 2.24) is 14.3 Å². The quantitative estimate of drug-likeness (QED) is 0.402. The van der Waals surface area contributed by atoms with Crippen LogP contribution in [0.25, 0.3) is 22.2 Å². The van der Waals surface area contributed by atoms with E-state index in [1.54, 1.807) is 18.2 Å². The number of carbonyl (C=O) groups excluding carboxylic acids is 1. The summed E-state index contributed by atoms with van der Waals surface area (Å²) < 4.78 is 29.5. The molecule has 1 aromatic heterocycles. The minimum Gasteiger partial charge on any atom is -0.387 e. The average Bonchev–Trinajstić information content (AvgIpc) is 3.18. The van der Waals surface area contributed by atoms with Gasteiger partial charge in [-0.1, -0.05) is 61.5 Å². The molecule has 0 atom stereocenters. The highest BCUT2D eigenvalue weighted by atomic mass is 32.2. The van der Waals surface area contributed by atoms with Crippen molar-refractivity contribution in [3.8, 4) is 11.1 Å². The summed E-state index contributed by atoms with van der Waals surface area (Å²) in [6.07, 6.45) is 1.89. The van der Waals surface area contributed by atoms with E-state index in [-0.39, 0.29) is 4.90 Å². The zero-order valence-electron chi connectivity index (χ0n) is 19.2. The molecule has 8 heteroatoms. The average molecular weight is 478 g/mol. The van der Waals surface area contributed by atoms with Crippen molar-refractivity contribution in [3.05, 3.63) is 83.7 Å². The Balaban J connectivity index is 1.67. The predicted molar refractivity (Wildman–Crippen MR) is 132 cm³/mol. The lowest BCUT2D eigenvalue weighted by atomic mass is 10.0. The molecule has 0 saturated heterocycles. The van der Waals surface area contributed by atoms with Crippen molar-refractivity contribution in [1.29, 1.82) is 0 Å². The number of imidazole rings is 1. The molecule has 3 aromatic carbocycles. The molecule has 0 aliphatic carbocycles. The zero-order chi connectivity index (χ0) is 24.3. The molecule has 0 fully saturated rings. The third kappa shape index (κ3) is 4.73. The van der Waals surface area contributed by atoms with Crippen LogP contribution in [0.15, 0.2) is 71.6 Å². The van der Waals surface area contributed by atoms with E-state index >= 15 is 0 Å². The Morgan fingerprint density at radius 1 is 1.03 bits per heavy atom. The number of hydrogen-bond donors (Lipinski definition) is 2. The Morgan fingerprint density at radius 2 is 1.76 bits per heavy atom. The summed E-state index contributed by atoms with van der Waals surface area (Å²) >= 11 is 0. The second-order valence-electron chi connectivity index (χ2n) is 8.19. The van der Waals surface area contributed by atoms with Gasteiger partial charge in [0.25, 0.3) is 15.9 Å². The Labute approximate surface area is 199 Å². The van der Waals surface area contributed by atoms with E-state index in [2.05, 4.69) is 30.5 Å². The number of amides is 1. The maximum Gasteiger partial charge on any atom is 0.264 e. The standard InChI is InChI=1S/C26H27N3O4S/c1-3-7-24-27-26-18(2)8-6-10-22(26)29(24)16-19-12-14-20(15-13-19)21-9-4-5-11-23(21)34(32,33)28-25(31)17-30/h4-6,8-15,30H,3,7,16-17H2,1-2H3,(H,28,31). The number of nitrogens with zero attached hydrogens (tertiary/aromatic N) is 2. The van der Waals surface area contributed by atoms with Crippen LogP contribution in [0.4, 0.5) is 0 Å². The lowest BCUT2D eigenvalue weighted by Crippen LogP contribution is -2.32. The van der Waals surface area contributed by atoms with Crippen LogP contribution < -0.4 is 4.72 Å². The fourth-order valence-electron chi connectivity index (χ4n) is 4.07. The number of para-hydroxylation sites is 1. The lowest BCUT2D eigenvalue weighted by molar-refractivity contribution is -0.122. The first-order valence-corrected chi connectivity index (χ1v) is 12.6. The van der Waals surface area contributed by atoms with E-state index in [0.717, 1.165) is 40.8 Å². The van der Waals surface area contributed by atoms with Crippen molar-refractivity contribution in [3.63, 3.8) is 0 Å². The Kier molecular flexibility index (Phi) is 6.81. The first kappa shape index (κ1) is 23.7. The van der Waals surface area contributed by atoms with Crippen LogP contribution in [-0.2, 0) is 27.8 Å². The van der Waals surface area contributed by atoms with Crippen LogP contribution in [0, 0.1) is 6.92 Å². The van der Waals surface area contributed by atoms with E-state index in [1.807, 2.05) is 35.1 Å². The number of benzene rings is 3. The first-order chi connectivity index (χ1) is 16.3. The molecule has 0 aliphatic rings. The topological polar surface area (TPSA) is 101 Å². The van der Waals surface area contributed by atoms with Crippen molar-refractivity contribution in [2.24, 2.45) is 0 Å².